The van der Waals surface area contributed by atoms with Crippen molar-refractivity contribution < 1.29 is 13.2 Å². The van der Waals surface area contributed by atoms with Gasteiger partial charge in [-0.05, 0) is 26.9 Å². The molecular formula is C16H32F3N5. The van der Waals surface area contributed by atoms with Crippen LogP contribution in [0.25, 0.3) is 0 Å². The Morgan fingerprint density at radius 2 is 1.67 bits per heavy atom. The standard InChI is InChI=1S/C16H32F3N5/c1-6-22(7-2)13(3)12-21-15(20-5)24-10-8-23(9-11-24)14(4)16(17,18)19/h13-14H,6-12H2,1-5H3,(H,20,21). The summed E-state index contributed by atoms with van der Waals surface area (Å²) in [4.78, 5) is 10.2. The molecule has 0 aliphatic carbocycles. The van der Waals surface area contributed by atoms with Gasteiger partial charge in [-0.15, -0.1) is 0 Å². The average Bonchev–Trinajstić information content (AvgIpc) is 2.55. The van der Waals surface area contributed by atoms with E-state index in [4.69, 9.17) is 0 Å². The zero-order chi connectivity index (χ0) is 18.3. The van der Waals surface area contributed by atoms with Crippen LogP contribution in [0.1, 0.15) is 27.7 Å². The van der Waals surface area contributed by atoms with Gasteiger partial charge in [-0.3, -0.25) is 14.8 Å². The first-order chi connectivity index (χ1) is 11.2. The minimum atomic E-state index is -4.17. The average molecular weight is 351 g/mol. The third-order valence-electron chi connectivity index (χ3n) is 4.84. The number of likely N-dealkylation sites (N-methyl/N-ethyl adjacent to an activating group) is 1. The SMILES string of the molecule is CCN(CC)C(C)CNC(=NC)N1CCN(C(C)C(F)(F)F)CC1. The summed E-state index contributed by atoms with van der Waals surface area (Å²) >= 11 is 0. The van der Waals surface area contributed by atoms with Gasteiger partial charge < -0.3 is 10.2 Å². The molecule has 5 nitrogen and oxygen atoms in total. The molecule has 1 fully saturated rings. The number of guanidine groups is 1. The molecule has 2 unspecified atom stereocenters. The van der Waals surface area contributed by atoms with Crippen molar-refractivity contribution in [2.45, 2.75) is 46.0 Å². The van der Waals surface area contributed by atoms with Crippen molar-refractivity contribution in [2.24, 2.45) is 4.99 Å². The third-order valence-corrected chi connectivity index (χ3v) is 4.84. The molecule has 1 aliphatic rings. The maximum Gasteiger partial charge on any atom is 0.403 e. The molecule has 0 bridgehead atoms. The molecule has 0 aromatic heterocycles. The maximum absolute atomic E-state index is 12.8. The molecule has 1 saturated heterocycles. The van der Waals surface area contributed by atoms with Crippen LogP contribution < -0.4 is 5.32 Å². The van der Waals surface area contributed by atoms with E-state index in [1.165, 1.54) is 11.8 Å². The Balaban J connectivity index is 2.49. The fourth-order valence-corrected chi connectivity index (χ4v) is 3.08. The lowest BCUT2D eigenvalue weighted by Gasteiger charge is -2.40. The summed E-state index contributed by atoms with van der Waals surface area (Å²) in [5.74, 6) is 0.772. The number of rotatable bonds is 6. The number of nitrogens with one attached hydrogen (secondary N) is 1. The molecule has 0 spiro atoms. The van der Waals surface area contributed by atoms with E-state index in [1.807, 2.05) is 4.90 Å². The van der Waals surface area contributed by atoms with Crippen molar-refractivity contribution in [3.8, 4) is 0 Å². The van der Waals surface area contributed by atoms with E-state index in [9.17, 15) is 13.2 Å². The molecule has 1 N–H and O–H groups in total. The smallest absolute Gasteiger partial charge is 0.355 e. The lowest BCUT2D eigenvalue weighted by molar-refractivity contribution is -0.181. The molecule has 1 aliphatic heterocycles. The summed E-state index contributed by atoms with van der Waals surface area (Å²) in [5.41, 5.74) is 0. The second-order valence-electron chi connectivity index (χ2n) is 6.24. The number of nitrogens with zero attached hydrogens (tertiary/aromatic N) is 4. The number of alkyl halides is 3. The van der Waals surface area contributed by atoms with Crippen LogP contribution in [-0.2, 0) is 0 Å². The Kier molecular flexibility index (Phi) is 8.29. The van der Waals surface area contributed by atoms with Crippen LogP contribution in [0.15, 0.2) is 4.99 Å². The van der Waals surface area contributed by atoms with Gasteiger partial charge in [0.05, 0.1) is 0 Å². The molecule has 1 heterocycles. The second kappa shape index (κ2) is 9.46. The highest BCUT2D eigenvalue weighted by atomic mass is 19.4. The molecule has 0 aromatic carbocycles. The second-order valence-corrected chi connectivity index (χ2v) is 6.24. The molecule has 1 rings (SSSR count). The summed E-state index contributed by atoms with van der Waals surface area (Å²) in [7, 11) is 1.72. The highest BCUT2D eigenvalue weighted by Gasteiger charge is 2.41. The lowest BCUT2D eigenvalue weighted by atomic mass is 10.2. The molecular weight excluding hydrogens is 319 g/mol. The van der Waals surface area contributed by atoms with E-state index < -0.39 is 12.2 Å². The summed E-state index contributed by atoms with van der Waals surface area (Å²) in [5, 5.41) is 3.36. The Morgan fingerprint density at radius 3 is 2.08 bits per heavy atom. The van der Waals surface area contributed by atoms with Gasteiger partial charge in [0.25, 0.3) is 0 Å². The lowest BCUT2D eigenvalue weighted by Crippen LogP contribution is -2.57. The van der Waals surface area contributed by atoms with E-state index in [1.54, 1.807) is 7.05 Å². The van der Waals surface area contributed by atoms with E-state index in [2.05, 4.69) is 36.0 Å². The van der Waals surface area contributed by atoms with Crippen LogP contribution in [0.3, 0.4) is 0 Å². The van der Waals surface area contributed by atoms with E-state index in [0.29, 0.717) is 32.2 Å². The van der Waals surface area contributed by atoms with Crippen molar-refractivity contribution in [3.63, 3.8) is 0 Å². The predicted molar refractivity (Wildman–Crippen MR) is 92.4 cm³/mol. The zero-order valence-electron chi connectivity index (χ0n) is 15.5. The van der Waals surface area contributed by atoms with Gasteiger partial charge in [-0.1, -0.05) is 13.8 Å². The molecule has 2 atom stereocenters. The van der Waals surface area contributed by atoms with Gasteiger partial charge in [0.2, 0.25) is 0 Å². The van der Waals surface area contributed by atoms with Crippen LogP contribution in [0, 0.1) is 0 Å². The minimum absolute atomic E-state index is 0.378. The van der Waals surface area contributed by atoms with Gasteiger partial charge >= 0.3 is 6.18 Å². The molecule has 0 radical (unpaired) electrons. The molecule has 0 saturated carbocycles. The number of aliphatic imine (C=N–C) groups is 1. The minimum Gasteiger partial charge on any atom is -0.355 e. The summed E-state index contributed by atoms with van der Waals surface area (Å²) in [6.07, 6.45) is -4.17. The number of piperazine rings is 1. The Hall–Kier alpha value is -1.02. The van der Waals surface area contributed by atoms with E-state index in [0.717, 1.165) is 25.6 Å². The number of hydrogen-bond acceptors (Lipinski definition) is 3. The van der Waals surface area contributed by atoms with Gasteiger partial charge in [0.1, 0.15) is 6.04 Å². The first-order valence-corrected chi connectivity index (χ1v) is 8.74. The Bertz CT molecular complexity index is 388. The first-order valence-electron chi connectivity index (χ1n) is 8.74. The highest BCUT2D eigenvalue weighted by Crippen LogP contribution is 2.25. The largest absolute Gasteiger partial charge is 0.403 e. The molecule has 0 amide bonds. The highest BCUT2D eigenvalue weighted by molar-refractivity contribution is 5.80. The van der Waals surface area contributed by atoms with Crippen LogP contribution in [0.5, 0.6) is 0 Å². The van der Waals surface area contributed by atoms with Crippen molar-refractivity contribution in [3.05, 3.63) is 0 Å². The number of halogens is 3. The van der Waals surface area contributed by atoms with Gasteiger partial charge in [-0.2, -0.15) is 13.2 Å². The van der Waals surface area contributed by atoms with Crippen LogP contribution in [0.2, 0.25) is 0 Å². The fraction of sp³-hybridized carbons (Fsp3) is 0.938. The van der Waals surface area contributed by atoms with Crippen molar-refractivity contribution in [1.29, 1.82) is 0 Å². The third kappa shape index (κ3) is 5.81. The number of hydrogen-bond donors (Lipinski definition) is 1. The van der Waals surface area contributed by atoms with Crippen molar-refractivity contribution >= 4 is 5.96 Å². The van der Waals surface area contributed by atoms with Gasteiger partial charge in [-0.25, -0.2) is 0 Å². The van der Waals surface area contributed by atoms with E-state index in [-0.39, 0.29) is 0 Å². The first kappa shape index (κ1) is 21.0. The van der Waals surface area contributed by atoms with Gasteiger partial charge in [0.15, 0.2) is 5.96 Å². The van der Waals surface area contributed by atoms with Crippen LogP contribution in [0.4, 0.5) is 13.2 Å². The monoisotopic (exact) mass is 351 g/mol. The normalized spacial score (nSPS) is 20.4. The summed E-state index contributed by atoms with van der Waals surface area (Å²) in [6, 6.07) is -1.01. The predicted octanol–water partition coefficient (Wildman–Crippen LogP) is 1.86. The fourth-order valence-electron chi connectivity index (χ4n) is 3.08. The maximum atomic E-state index is 12.8. The molecule has 24 heavy (non-hydrogen) atoms. The summed E-state index contributed by atoms with van der Waals surface area (Å²) in [6.45, 7) is 12.3. The molecule has 142 valence electrons. The Labute approximate surface area is 143 Å². The van der Waals surface area contributed by atoms with Gasteiger partial charge in [0, 0.05) is 45.8 Å². The van der Waals surface area contributed by atoms with Crippen LogP contribution in [-0.4, -0.2) is 91.8 Å². The van der Waals surface area contributed by atoms with E-state index >= 15 is 0 Å². The Morgan fingerprint density at radius 1 is 1.12 bits per heavy atom. The van der Waals surface area contributed by atoms with Crippen LogP contribution >= 0.6 is 0 Å². The van der Waals surface area contributed by atoms with Crippen molar-refractivity contribution in [2.75, 3.05) is 52.9 Å². The molecule has 0 aromatic rings. The molecule has 8 heteroatoms. The zero-order valence-corrected chi connectivity index (χ0v) is 15.5. The quantitative estimate of drug-likeness (QED) is 0.585. The van der Waals surface area contributed by atoms with Crippen molar-refractivity contribution in [1.82, 2.24) is 20.0 Å². The summed E-state index contributed by atoms with van der Waals surface area (Å²) < 4.78 is 38.4. The topological polar surface area (TPSA) is 34.1 Å².